The number of ether oxygens (including phenoxy) is 2. The molecule has 1 spiro atoms. The van der Waals surface area contributed by atoms with Gasteiger partial charge in [-0.05, 0) is 52.1 Å². The minimum atomic E-state index is -0.327. The van der Waals surface area contributed by atoms with E-state index in [1.54, 1.807) is 0 Å². The highest BCUT2D eigenvalue weighted by molar-refractivity contribution is 5.74. The summed E-state index contributed by atoms with van der Waals surface area (Å²) in [5, 5.41) is 3.33. The molecule has 0 bridgehead atoms. The largest absolute Gasteiger partial charge is 0.464 e. The van der Waals surface area contributed by atoms with Crippen molar-refractivity contribution < 1.29 is 14.3 Å². The highest BCUT2D eigenvalue weighted by Crippen LogP contribution is 2.35. The fraction of sp³-hybridized carbons (Fsp3) is 0.917. The van der Waals surface area contributed by atoms with Crippen molar-refractivity contribution in [2.45, 2.75) is 50.7 Å². The van der Waals surface area contributed by atoms with E-state index < -0.39 is 0 Å². The van der Waals surface area contributed by atoms with Crippen LogP contribution in [0.5, 0.6) is 0 Å². The molecule has 2 saturated heterocycles. The molecule has 0 aromatic carbocycles. The molecule has 4 nitrogen and oxygen atoms in total. The molecule has 16 heavy (non-hydrogen) atoms. The summed E-state index contributed by atoms with van der Waals surface area (Å²) in [6, 6.07) is 0. The molecule has 2 heterocycles. The van der Waals surface area contributed by atoms with Crippen LogP contribution in [0.25, 0.3) is 0 Å². The Morgan fingerprint density at radius 2 is 2.19 bits per heavy atom. The van der Waals surface area contributed by atoms with E-state index in [0.717, 1.165) is 45.2 Å². The maximum atomic E-state index is 11.7. The minimum Gasteiger partial charge on any atom is -0.464 e. The third-order valence-electron chi connectivity index (χ3n) is 3.56. The SMILES string of the molecule is CCOC(=O)C1CCCC2(CCNCC2)O1. The second-order valence-electron chi connectivity index (χ2n) is 4.68. The molecule has 1 N–H and O–H groups in total. The number of rotatable bonds is 2. The van der Waals surface area contributed by atoms with E-state index in [1.165, 1.54) is 0 Å². The molecule has 2 aliphatic rings. The van der Waals surface area contributed by atoms with Crippen molar-refractivity contribution in [2.75, 3.05) is 19.7 Å². The van der Waals surface area contributed by atoms with Gasteiger partial charge in [-0.2, -0.15) is 0 Å². The molecule has 4 heteroatoms. The molecule has 0 radical (unpaired) electrons. The molecule has 0 saturated carbocycles. The predicted octanol–water partition coefficient (Wildman–Crippen LogP) is 1.24. The lowest BCUT2D eigenvalue weighted by Gasteiger charge is -2.43. The van der Waals surface area contributed by atoms with E-state index >= 15 is 0 Å². The lowest BCUT2D eigenvalue weighted by Crippen LogP contribution is -2.50. The van der Waals surface area contributed by atoms with Gasteiger partial charge in [0.25, 0.3) is 0 Å². The average Bonchev–Trinajstić information content (AvgIpc) is 2.30. The van der Waals surface area contributed by atoms with Gasteiger partial charge in [0.15, 0.2) is 6.10 Å². The first-order valence-corrected chi connectivity index (χ1v) is 6.31. The molecule has 0 aromatic heterocycles. The Morgan fingerprint density at radius 3 is 2.88 bits per heavy atom. The zero-order chi connectivity index (χ0) is 11.4. The van der Waals surface area contributed by atoms with E-state index in [-0.39, 0.29) is 17.7 Å². The molecular formula is C12H21NO3. The first-order valence-electron chi connectivity index (χ1n) is 6.31. The Labute approximate surface area is 96.7 Å². The maximum absolute atomic E-state index is 11.7. The third-order valence-corrected chi connectivity index (χ3v) is 3.56. The quantitative estimate of drug-likeness (QED) is 0.721. The summed E-state index contributed by atoms with van der Waals surface area (Å²) in [5.41, 5.74) is -0.0546. The van der Waals surface area contributed by atoms with Crippen molar-refractivity contribution >= 4 is 5.97 Å². The number of carbonyl (C=O) groups excluding carboxylic acids is 1. The van der Waals surface area contributed by atoms with E-state index in [1.807, 2.05) is 6.92 Å². The molecule has 1 unspecified atom stereocenters. The minimum absolute atomic E-state index is 0.0546. The zero-order valence-corrected chi connectivity index (χ0v) is 9.96. The lowest BCUT2D eigenvalue weighted by atomic mass is 9.84. The van der Waals surface area contributed by atoms with Crippen LogP contribution in [0.15, 0.2) is 0 Å². The number of esters is 1. The van der Waals surface area contributed by atoms with Gasteiger partial charge >= 0.3 is 5.97 Å². The summed E-state index contributed by atoms with van der Waals surface area (Å²) in [4.78, 5) is 11.7. The number of piperidine rings is 1. The molecule has 92 valence electrons. The monoisotopic (exact) mass is 227 g/mol. The summed E-state index contributed by atoms with van der Waals surface area (Å²) < 4.78 is 11.1. The maximum Gasteiger partial charge on any atom is 0.335 e. The van der Waals surface area contributed by atoms with Crippen LogP contribution < -0.4 is 5.32 Å². The Hall–Kier alpha value is -0.610. The summed E-state index contributed by atoms with van der Waals surface area (Å²) in [6.07, 6.45) is 4.68. The molecule has 2 rings (SSSR count). The van der Waals surface area contributed by atoms with Gasteiger partial charge in [-0.3, -0.25) is 0 Å². The van der Waals surface area contributed by atoms with Gasteiger partial charge in [0.05, 0.1) is 12.2 Å². The van der Waals surface area contributed by atoms with Crippen molar-refractivity contribution in [1.29, 1.82) is 0 Å². The Bertz CT molecular complexity index is 243. The molecule has 2 fully saturated rings. The second kappa shape index (κ2) is 5.15. The summed E-state index contributed by atoms with van der Waals surface area (Å²) in [7, 11) is 0. The molecule has 1 atom stereocenters. The van der Waals surface area contributed by atoms with Crippen molar-refractivity contribution in [3.8, 4) is 0 Å². The van der Waals surface area contributed by atoms with E-state index in [9.17, 15) is 4.79 Å². The van der Waals surface area contributed by atoms with Crippen LogP contribution in [0, 0.1) is 0 Å². The Kier molecular flexibility index (Phi) is 3.82. The standard InChI is InChI=1S/C12H21NO3/c1-2-15-11(14)10-4-3-5-12(16-10)6-8-13-9-7-12/h10,13H,2-9H2,1H3. The molecular weight excluding hydrogens is 206 g/mol. The second-order valence-corrected chi connectivity index (χ2v) is 4.68. The highest BCUT2D eigenvalue weighted by atomic mass is 16.6. The molecule has 2 aliphatic heterocycles. The average molecular weight is 227 g/mol. The summed E-state index contributed by atoms with van der Waals surface area (Å²) >= 11 is 0. The lowest BCUT2D eigenvalue weighted by molar-refractivity contribution is -0.184. The van der Waals surface area contributed by atoms with Crippen LogP contribution in [0.2, 0.25) is 0 Å². The van der Waals surface area contributed by atoms with E-state index in [2.05, 4.69) is 5.32 Å². The number of nitrogens with one attached hydrogen (secondary N) is 1. The molecule has 0 amide bonds. The smallest absolute Gasteiger partial charge is 0.335 e. The van der Waals surface area contributed by atoms with Crippen molar-refractivity contribution in [1.82, 2.24) is 5.32 Å². The van der Waals surface area contributed by atoms with Gasteiger partial charge in [0, 0.05) is 0 Å². The fourth-order valence-corrected chi connectivity index (χ4v) is 2.68. The van der Waals surface area contributed by atoms with Gasteiger partial charge in [0.1, 0.15) is 0 Å². The fourth-order valence-electron chi connectivity index (χ4n) is 2.68. The van der Waals surface area contributed by atoms with E-state index in [0.29, 0.717) is 6.61 Å². The van der Waals surface area contributed by atoms with Gasteiger partial charge in [0.2, 0.25) is 0 Å². The summed E-state index contributed by atoms with van der Waals surface area (Å²) in [5.74, 6) is -0.180. The molecule has 0 aliphatic carbocycles. The number of hydrogen-bond acceptors (Lipinski definition) is 4. The Balaban J connectivity index is 1.94. The topological polar surface area (TPSA) is 47.6 Å². The Morgan fingerprint density at radius 1 is 1.44 bits per heavy atom. The first-order chi connectivity index (χ1) is 7.76. The van der Waals surface area contributed by atoms with E-state index in [4.69, 9.17) is 9.47 Å². The van der Waals surface area contributed by atoms with Crippen LogP contribution >= 0.6 is 0 Å². The zero-order valence-electron chi connectivity index (χ0n) is 9.96. The van der Waals surface area contributed by atoms with Crippen molar-refractivity contribution in [3.05, 3.63) is 0 Å². The predicted molar refractivity (Wildman–Crippen MR) is 60.2 cm³/mol. The van der Waals surface area contributed by atoms with Crippen LogP contribution in [-0.2, 0) is 14.3 Å². The van der Waals surface area contributed by atoms with Crippen LogP contribution in [0.1, 0.15) is 39.0 Å². The summed E-state index contributed by atoms with van der Waals surface area (Å²) in [6.45, 7) is 4.26. The van der Waals surface area contributed by atoms with Gasteiger partial charge in [-0.1, -0.05) is 0 Å². The van der Waals surface area contributed by atoms with Gasteiger partial charge in [-0.25, -0.2) is 4.79 Å². The van der Waals surface area contributed by atoms with Gasteiger partial charge in [-0.15, -0.1) is 0 Å². The first kappa shape index (κ1) is 11.9. The van der Waals surface area contributed by atoms with Crippen LogP contribution in [0.4, 0.5) is 0 Å². The van der Waals surface area contributed by atoms with Crippen LogP contribution in [-0.4, -0.2) is 37.4 Å². The highest BCUT2D eigenvalue weighted by Gasteiger charge is 2.40. The number of carbonyl (C=O) groups is 1. The number of hydrogen-bond donors (Lipinski definition) is 1. The van der Waals surface area contributed by atoms with Crippen molar-refractivity contribution in [2.24, 2.45) is 0 Å². The normalized spacial score (nSPS) is 28.9. The van der Waals surface area contributed by atoms with Gasteiger partial charge < -0.3 is 14.8 Å². The third kappa shape index (κ3) is 2.55. The molecule has 0 aromatic rings. The van der Waals surface area contributed by atoms with Crippen LogP contribution in [0.3, 0.4) is 0 Å². The van der Waals surface area contributed by atoms with Crippen molar-refractivity contribution in [3.63, 3.8) is 0 Å².